The highest BCUT2D eigenvalue weighted by Gasteiger charge is 2.17. The maximum absolute atomic E-state index is 12.2. The number of benzene rings is 1. The van der Waals surface area contributed by atoms with Crippen molar-refractivity contribution >= 4 is 40.7 Å². The van der Waals surface area contributed by atoms with Gasteiger partial charge in [0.25, 0.3) is 5.91 Å². The fraction of sp³-hybridized carbons (Fsp3) is 0.133. The van der Waals surface area contributed by atoms with Crippen molar-refractivity contribution in [2.45, 2.75) is 13.0 Å². The molecule has 1 unspecified atom stereocenters. The van der Waals surface area contributed by atoms with Crippen LogP contribution in [0.2, 0.25) is 10.0 Å². The van der Waals surface area contributed by atoms with Gasteiger partial charge in [-0.25, -0.2) is 4.52 Å². The predicted octanol–water partition coefficient (Wildman–Crippen LogP) is 3.44. The quantitative estimate of drug-likeness (QED) is 0.782. The third-order valence-electron chi connectivity index (χ3n) is 3.01. The van der Waals surface area contributed by atoms with E-state index in [4.69, 9.17) is 27.9 Å². The first-order valence-corrected chi connectivity index (χ1v) is 7.52. The highest BCUT2D eigenvalue weighted by atomic mass is 35.5. The number of nitrogens with one attached hydrogen (secondary N) is 1. The number of nitrogens with zero attached hydrogens (tertiary/aromatic N) is 3. The summed E-state index contributed by atoms with van der Waals surface area (Å²) in [6, 6.07) is 10.2. The van der Waals surface area contributed by atoms with Gasteiger partial charge in [-0.1, -0.05) is 29.3 Å². The maximum atomic E-state index is 12.2. The van der Waals surface area contributed by atoms with Crippen LogP contribution in [0.5, 0.6) is 5.75 Å². The van der Waals surface area contributed by atoms with E-state index < -0.39 is 6.10 Å². The van der Waals surface area contributed by atoms with Crippen molar-refractivity contribution in [2.75, 3.05) is 5.32 Å². The molecule has 2 aromatic heterocycles. The van der Waals surface area contributed by atoms with E-state index in [1.54, 1.807) is 49.5 Å². The Labute approximate surface area is 142 Å². The van der Waals surface area contributed by atoms with Crippen LogP contribution < -0.4 is 10.1 Å². The molecule has 0 fully saturated rings. The minimum atomic E-state index is -0.733. The lowest BCUT2D eigenvalue weighted by Gasteiger charge is -2.13. The highest BCUT2D eigenvalue weighted by molar-refractivity contribution is 6.30. The number of anilines is 1. The molecule has 0 aliphatic heterocycles. The Hall–Kier alpha value is -2.31. The van der Waals surface area contributed by atoms with Crippen LogP contribution in [-0.4, -0.2) is 26.6 Å². The fourth-order valence-electron chi connectivity index (χ4n) is 1.92. The molecular formula is C15H12Cl2N4O2. The second-order valence-electron chi connectivity index (χ2n) is 4.79. The SMILES string of the molecule is CC(Oc1cccc(Cl)c1)C(=O)Nc1nc2ccc(Cl)cn2n1. The van der Waals surface area contributed by atoms with Crippen LogP contribution in [0.25, 0.3) is 5.65 Å². The topological polar surface area (TPSA) is 68.5 Å². The maximum Gasteiger partial charge on any atom is 0.267 e. The molecular weight excluding hydrogens is 339 g/mol. The molecule has 0 radical (unpaired) electrons. The first-order chi connectivity index (χ1) is 11.0. The second-order valence-corrected chi connectivity index (χ2v) is 5.67. The highest BCUT2D eigenvalue weighted by Crippen LogP contribution is 2.18. The van der Waals surface area contributed by atoms with Crippen LogP contribution >= 0.6 is 23.2 Å². The molecule has 2 heterocycles. The summed E-state index contributed by atoms with van der Waals surface area (Å²) in [6.45, 7) is 1.63. The number of halogens is 2. The molecule has 3 rings (SSSR count). The Morgan fingerprint density at radius 3 is 2.87 bits per heavy atom. The van der Waals surface area contributed by atoms with Crippen LogP contribution in [0.15, 0.2) is 42.6 Å². The summed E-state index contributed by atoms with van der Waals surface area (Å²) in [5, 5.41) is 7.79. The van der Waals surface area contributed by atoms with Gasteiger partial charge in [-0.15, -0.1) is 5.10 Å². The summed E-state index contributed by atoms with van der Waals surface area (Å²) in [5.41, 5.74) is 0.577. The summed E-state index contributed by atoms with van der Waals surface area (Å²) in [7, 11) is 0. The number of carbonyl (C=O) groups is 1. The minimum absolute atomic E-state index is 0.179. The van der Waals surface area contributed by atoms with Gasteiger partial charge in [0.1, 0.15) is 5.75 Å². The fourth-order valence-corrected chi connectivity index (χ4v) is 2.26. The van der Waals surface area contributed by atoms with E-state index >= 15 is 0 Å². The molecule has 6 nitrogen and oxygen atoms in total. The van der Waals surface area contributed by atoms with E-state index in [0.717, 1.165) is 0 Å². The molecule has 0 spiro atoms. The van der Waals surface area contributed by atoms with Crippen molar-refractivity contribution in [3.05, 3.63) is 52.6 Å². The lowest BCUT2D eigenvalue weighted by atomic mass is 10.3. The molecule has 0 saturated heterocycles. The van der Waals surface area contributed by atoms with Gasteiger partial charge in [0, 0.05) is 11.2 Å². The number of carbonyl (C=O) groups excluding carboxylic acids is 1. The summed E-state index contributed by atoms with van der Waals surface area (Å²) >= 11 is 11.8. The molecule has 0 bridgehead atoms. The van der Waals surface area contributed by atoms with E-state index in [1.807, 2.05) is 0 Å². The van der Waals surface area contributed by atoms with Gasteiger partial charge in [0.05, 0.1) is 5.02 Å². The number of pyridine rings is 1. The molecule has 1 aromatic carbocycles. The van der Waals surface area contributed by atoms with Crippen molar-refractivity contribution in [1.82, 2.24) is 14.6 Å². The van der Waals surface area contributed by atoms with E-state index in [1.165, 1.54) is 4.52 Å². The minimum Gasteiger partial charge on any atom is -0.481 e. The monoisotopic (exact) mass is 350 g/mol. The summed E-state index contributed by atoms with van der Waals surface area (Å²) in [4.78, 5) is 16.3. The lowest BCUT2D eigenvalue weighted by Crippen LogP contribution is -2.30. The van der Waals surface area contributed by atoms with E-state index in [-0.39, 0.29) is 11.9 Å². The van der Waals surface area contributed by atoms with Gasteiger partial charge in [-0.3, -0.25) is 10.1 Å². The Kier molecular flexibility index (Phi) is 4.36. The zero-order valence-electron chi connectivity index (χ0n) is 12.0. The first kappa shape index (κ1) is 15.6. The Morgan fingerprint density at radius 1 is 1.26 bits per heavy atom. The van der Waals surface area contributed by atoms with Crippen LogP contribution in [-0.2, 0) is 4.79 Å². The van der Waals surface area contributed by atoms with Crippen LogP contribution in [0.4, 0.5) is 5.95 Å². The normalized spacial score (nSPS) is 12.1. The van der Waals surface area contributed by atoms with E-state index in [9.17, 15) is 4.79 Å². The molecule has 3 aromatic rings. The molecule has 0 saturated carbocycles. The van der Waals surface area contributed by atoms with Crippen LogP contribution in [0, 0.1) is 0 Å². The predicted molar refractivity (Wildman–Crippen MR) is 88.2 cm³/mol. The number of hydrogen-bond donors (Lipinski definition) is 1. The molecule has 1 atom stereocenters. The molecule has 118 valence electrons. The van der Waals surface area contributed by atoms with Crippen molar-refractivity contribution < 1.29 is 9.53 Å². The zero-order valence-corrected chi connectivity index (χ0v) is 13.5. The second kappa shape index (κ2) is 6.44. The van der Waals surface area contributed by atoms with Crippen molar-refractivity contribution in [3.63, 3.8) is 0 Å². The van der Waals surface area contributed by atoms with E-state index in [2.05, 4.69) is 15.4 Å². The van der Waals surface area contributed by atoms with Gasteiger partial charge in [0.2, 0.25) is 5.95 Å². The van der Waals surface area contributed by atoms with Crippen LogP contribution in [0.3, 0.4) is 0 Å². The number of hydrogen-bond acceptors (Lipinski definition) is 4. The standard InChI is InChI=1S/C15H12Cl2N4O2/c1-9(23-12-4-2-3-10(16)7-12)14(22)19-15-18-13-6-5-11(17)8-21(13)20-15/h2-9H,1H3,(H,19,20,22). The van der Waals surface area contributed by atoms with Crippen LogP contribution in [0.1, 0.15) is 6.92 Å². The van der Waals surface area contributed by atoms with Gasteiger partial charge < -0.3 is 4.74 Å². The lowest BCUT2D eigenvalue weighted by molar-refractivity contribution is -0.122. The largest absolute Gasteiger partial charge is 0.481 e. The number of amides is 1. The summed E-state index contributed by atoms with van der Waals surface area (Å²) in [6.07, 6.45) is 0.870. The average Bonchev–Trinajstić information content (AvgIpc) is 2.88. The zero-order chi connectivity index (χ0) is 16.4. The molecule has 23 heavy (non-hydrogen) atoms. The van der Waals surface area contributed by atoms with Gasteiger partial charge in [-0.2, -0.15) is 4.98 Å². The summed E-state index contributed by atoms with van der Waals surface area (Å²) < 4.78 is 7.03. The number of aromatic nitrogens is 3. The third-order valence-corrected chi connectivity index (χ3v) is 3.47. The molecule has 0 aliphatic carbocycles. The molecule has 0 aliphatic rings. The molecule has 1 N–H and O–H groups in total. The Morgan fingerprint density at radius 2 is 2.09 bits per heavy atom. The summed E-state index contributed by atoms with van der Waals surface area (Å²) in [5.74, 6) is 0.320. The molecule has 1 amide bonds. The first-order valence-electron chi connectivity index (χ1n) is 6.76. The number of rotatable bonds is 4. The number of fused-ring (bicyclic) bond motifs is 1. The van der Waals surface area contributed by atoms with Gasteiger partial charge in [0.15, 0.2) is 11.8 Å². The van der Waals surface area contributed by atoms with Gasteiger partial charge in [-0.05, 0) is 37.3 Å². The number of ether oxygens (including phenoxy) is 1. The Bertz CT molecular complexity index is 866. The van der Waals surface area contributed by atoms with Crippen molar-refractivity contribution in [3.8, 4) is 5.75 Å². The smallest absolute Gasteiger partial charge is 0.267 e. The molecule has 8 heteroatoms. The van der Waals surface area contributed by atoms with E-state index in [0.29, 0.717) is 21.4 Å². The average molecular weight is 351 g/mol. The van der Waals surface area contributed by atoms with Gasteiger partial charge >= 0.3 is 0 Å². The third kappa shape index (κ3) is 3.72. The van der Waals surface area contributed by atoms with Crippen molar-refractivity contribution in [2.24, 2.45) is 0 Å². The van der Waals surface area contributed by atoms with Crippen molar-refractivity contribution in [1.29, 1.82) is 0 Å². The Balaban J connectivity index is 1.69.